The van der Waals surface area contributed by atoms with E-state index in [4.69, 9.17) is 11.6 Å². The summed E-state index contributed by atoms with van der Waals surface area (Å²) < 4.78 is 0. The molecule has 0 aromatic heterocycles. The molecule has 2 aromatic rings. The van der Waals surface area contributed by atoms with Crippen molar-refractivity contribution < 1.29 is 9.59 Å². The summed E-state index contributed by atoms with van der Waals surface area (Å²) in [6, 6.07) is 14.1. The number of halogens is 1. The minimum absolute atomic E-state index is 0.153. The van der Waals surface area contributed by atoms with Crippen LogP contribution in [-0.2, 0) is 4.79 Å². The molecule has 2 amide bonds. The van der Waals surface area contributed by atoms with Gasteiger partial charge in [0.25, 0.3) is 5.91 Å². The van der Waals surface area contributed by atoms with Gasteiger partial charge in [-0.1, -0.05) is 30.7 Å². The number of nitrogens with one attached hydrogen (secondary N) is 2. The van der Waals surface area contributed by atoms with Crippen LogP contribution in [-0.4, -0.2) is 36.3 Å². The largest absolute Gasteiger partial charge is 0.324 e. The highest BCUT2D eigenvalue weighted by Gasteiger charge is 2.16. The van der Waals surface area contributed by atoms with E-state index in [2.05, 4.69) is 24.5 Å². The van der Waals surface area contributed by atoms with Crippen molar-refractivity contribution in [1.82, 2.24) is 4.90 Å². The number of carbonyl (C=O) groups is 2. The van der Waals surface area contributed by atoms with Crippen LogP contribution in [0, 0.1) is 0 Å². The number of rotatable bonds is 7. The first-order valence-electron chi connectivity index (χ1n) is 8.56. The van der Waals surface area contributed by atoms with E-state index in [1.165, 1.54) is 0 Å². The van der Waals surface area contributed by atoms with Gasteiger partial charge in [0.2, 0.25) is 5.91 Å². The van der Waals surface area contributed by atoms with Crippen LogP contribution in [0.4, 0.5) is 11.4 Å². The minimum atomic E-state index is -0.293. The smallest absolute Gasteiger partial charge is 0.257 e. The van der Waals surface area contributed by atoms with Gasteiger partial charge in [0.15, 0.2) is 0 Å². The second-order valence-corrected chi connectivity index (χ2v) is 6.66. The number of anilines is 2. The van der Waals surface area contributed by atoms with Gasteiger partial charge in [-0.15, -0.1) is 0 Å². The van der Waals surface area contributed by atoms with Gasteiger partial charge < -0.3 is 10.6 Å². The summed E-state index contributed by atoms with van der Waals surface area (Å²) in [5, 5.41) is 6.24. The van der Waals surface area contributed by atoms with E-state index >= 15 is 0 Å². The van der Waals surface area contributed by atoms with Gasteiger partial charge >= 0.3 is 0 Å². The van der Waals surface area contributed by atoms with E-state index in [0.717, 1.165) is 6.42 Å². The van der Waals surface area contributed by atoms with Crippen molar-refractivity contribution >= 4 is 34.8 Å². The average molecular weight is 374 g/mol. The highest BCUT2D eigenvalue weighted by Crippen LogP contribution is 2.19. The van der Waals surface area contributed by atoms with E-state index in [1.54, 1.807) is 48.5 Å². The first-order valence-corrected chi connectivity index (χ1v) is 8.94. The molecule has 2 rings (SSSR count). The SMILES string of the molecule is CCC(C)N(C)CC(=O)Nc1ccccc1C(=O)Nc1ccc(Cl)cc1. The van der Waals surface area contributed by atoms with Crippen LogP contribution in [0.2, 0.25) is 5.02 Å². The average Bonchev–Trinajstić information content (AvgIpc) is 2.63. The van der Waals surface area contributed by atoms with Crippen LogP contribution >= 0.6 is 11.6 Å². The van der Waals surface area contributed by atoms with E-state index < -0.39 is 0 Å². The number of nitrogens with zero attached hydrogens (tertiary/aromatic N) is 1. The molecule has 0 radical (unpaired) electrons. The molecule has 0 aliphatic heterocycles. The predicted molar refractivity (Wildman–Crippen MR) is 107 cm³/mol. The maximum Gasteiger partial charge on any atom is 0.257 e. The van der Waals surface area contributed by atoms with Crippen LogP contribution in [0.25, 0.3) is 0 Å². The summed E-state index contributed by atoms with van der Waals surface area (Å²) >= 11 is 5.86. The third kappa shape index (κ3) is 5.58. The van der Waals surface area contributed by atoms with Crippen molar-refractivity contribution in [2.45, 2.75) is 26.3 Å². The fourth-order valence-electron chi connectivity index (χ4n) is 2.41. The molecule has 0 saturated heterocycles. The quantitative estimate of drug-likeness (QED) is 0.762. The highest BCUT2D eigenvalue weighted by atomic mass is 35.5. The highest BCUT2D eigenvalue weighted by molar-refractivity contribution is 6.30. The molecule has 1 atom stereocenters. The fraction of sp³-hybridized carbons (Fsp3) is 0.300. The zero-order valence-electron chi connectivity index (χ0n) is 15.3. The van der Waals surface area contributed by atoms with Gasteiger partial charge in [-0.3, -0.25) is 14.5 Å². The van der Waals surface area contributed by atoms with E-state index in [9.17, 15) is 9.59 Å². The number of carbonyl (C=O) groups excluding carboxylic acids is 2. The van der Waals surface area contributed by atoms with Crippen LogP contribution in [0.3, 0.4) is 0 Å². The number of hydrogen-bond donors (Lipinski definition) is 2. The molecule has 0 fully saturated rings. The summed E-state index contributed by atoms with van der Waals surface area (Å²) in [6.07, 6.45) is 0.962. The molecular weight excluding hydrogens is 350 g/mol. The lowest BCUT2D eigenvalue weighted by atomic mass is 10.1. The van der Waals surface area contributed by atoms with Crippen molar-refractivity contribution in [2.75, 3.05) is 24.2 Å². The lowest BCUT2D eigenvalue weighted by Crippen LogP contribution is -2.36. The second-order valence-electron chi connectivity index (χ2n) is 6.23. The summed E-state index contributed by atoms with van der Waals surface area (Å²) in [4.78, 5) is 26.9. The molecule has 0 heterocycles. The molecule has 6 heteroatoms. The molecule has 0 aliphatic rings. The summed E-state index contributed by atoms with van der Waals surface area (Å²) in [5.41, 5.74) is 1.53. The van der Waals surface area contributed by atoms with Crippen molar-refractivity contribution in [2.24, 2.45) is 0 Å². The van der Waals surface area contributed by atoms with Crippen LogP contribution in [0.1, 0.15) is 30.6 Å². The topological polar surface area (TPSA) is 61.4 Å². The van der Waals surface area contributed by atoms with Crippen LogP contribution in [0.15, 0.2) is 48.5 Å². The Labute approximate surface area is 159 Å². The third-order valence-electron chi connectivity index (χ3n) is 4.28. The first kappa shape index (κ1) is 19.9. The number of amides is 2. The Hall–Kier alpha value is -2.37. The standard InChI is InChI=1S/C20H24ClN3O2/c1-4-14(2)24(3)13-19(25)23-18-8-6-5-7-17(18)20(26)22-16-11-9-15(21)10-12-16/h5-12,14H,4,13H2,1-3H3,(H,22,26)(H,23,25). The second kappa shape index (κ2) is 9.36. The molecule has 0 bridgehead atoms. The Morgan fingerprint density at radius 1 is 1.08 bits per heavy atom. The Morgan fingerprint density at radius 2 is 1.73 bits per heavy atom. The predicted octanol–water partition coefficient (Wildman–Crippen LogP) is 4.26. The van der Waals surface area contributed by atoms with Gasteiger partial charge in [0.1, 0.15) is 0 Å². The normalized spacial score (nSPS) is 11.9. The Balaban J connectivity index is 2.08. The lowest BCUT2D eigenvalue weighted by Gasteiger charge is -2.23. The lowest BCUT2D eigenvalue weighted by molar-refractivity contribution is -0.117. The molecule has 5 nitrogen and oxygen atoms in total. The number of hydrogen-bond acceptors (Lipinski definition) is 3. The maximum atomic E-state index is 12.6. The van der Waals surface area contributed by atoms with Gasteiger partial charge in [-0.25, -0.2) is 0 Å². The Kier molecular flexibility index (Phi) is 7.18. The number of benzene rings is 2. The summed E-state index contributed by atoms with van der Waals surface area (Å²) in [6.45, 7) is 4.42. The molecular formula is C20H24ClN3O2. The summed E-state index contributed by atoms with van der Waals surface area (Å²) in [7, 11) is 1.91. The van der Waals surface area contributed by atoms with Crippen molar-refractivity contribution in [3.8, 4) is 0 Å². The van der Waals surface area contributed by atoms with Crippen molar-refractivity contribution in [3.05, 3.63) is 59.1 Å². The van der Waals surface area contributed by atoms with E-state index in [0.29, 0.717) is 28.0 Å². The molecule has 0 aliphatic carbocycles. The molecule has 138 valence electrons. The van der Waals surface area contributed by atoms with Crippen LogP contribution in [0.5, 0.6) is 0 Å². The molecule has 0 spiro atoms. The molecule has 26 heavy (non-hydrogen) atoms. The Bertz CT molecular complexity index is 762. The molecule has 0 saturated carbocycles. The van der Waals surface area contributed by atoms with Gasteiger partial charge in [-0.05, 0) is 56.8 Å². The molecule has 2 aromatic carbocycles. The zero-order valence-corrected chi connectivity index (χ0v) is 16.0. The number of likely N-dealkylation sites (N-methyl/N-ethyl adjacent to an activating group) is 1. The monoisotopic (exact) mass is 373 g/mol. The minimum Gasteiger partial charge on any atom is -0.324 e. The van der Waals surface area contributed by atoms with Gasteiger partial charge in [0, 0.05) is 16.8 Å². The van der Waals surface area contributed by atoms with Crippen molar-refractivity contribution in [3.63, 3.8) is 0 Å². The fourth-order valence-corrected chi connectivity index (χ4v) is 2.53. The summed E-state index contributed by atoms with van der Waals surface area (Å²) in [5.74, 6) is -0.446. The van der Waals surface area contributed by atoms with Crippen LogP contribution < -0.4 is 10.6 Å². The molecule has 2 N–H and O–H groups in total. The van der Waals surface area contributed by atoms with E-state index in [-0.39, 0.29) is 18.4 Å². The Morgan fingerprint density at radius 3 is 2.38 bits per heavy atom. The third-order valence-corrected chi connectivity index (χ3v) is 4.54. The zero-order chi connectivity index (χ0) is 19.1. The van der Waals surface area contributed by atoms with Gasteiger partial charge in [-0.2, -0.15) is 0 Å². The van der Waals surface area contributed by atoms with E-state index in [1.807, 2.05) is 11.9 Å². The maximum absolute atomic E-state index is 12.6. The first-order chi connectivity index (χ1) is 12.4. The van der Waals surface area contributed by atoms with Crippen molar-refractivity contribution in [1.29, 1.82) is 0 Å². The molecule has 1 unspecified atom stereocenters. The van der Waals surface area contributed by atoms with Gasteiger partial charge in [0.05, 0.1) is 17.8 Å². The number of para-hydroxylation sites is 1.